The molecule has 0 N–H and O–H groups in total. The fourth-order valence-electron chi connectivity index (χ4n) is 0.696. The van der Waals surface area contributed by atoms with Gasteiger partial charge in [-0.2, -0.15) is 0 Å². The smallest absolute Gasteiger partial charge is 0.267 e. The van der Waals surface area contributed by atoms with Gasteiger partial charge in [0, 0.05) is 12.2 Å². The molecule has 1 rings (SSSR count). The molecule has 0 saturated carbocycles. The topological polar surface area (TPSA) is 46.6 Å². The Morgan fingerprint density at radius 2 is 1.91 bits per heavy atom. The van der Waals surface area contributed by atoms with E-state index in [-0.39, 0.29) is 0 Å². The lowest BCUT2D eigenvalue weighted by atomic mass is 10.5. The van der Waals surface area contributed by atoms with E-state index < -0.39 is 11.8 Å². The first-order valence-electron chi connectivity index (χ1n) is 3.44. The molecule has 0 radical (unpaired) electrons. The van der Waals surface area contributed by atoms with Gasteiger partial charge >= 0.3 is 0 Å². The normalized spacial score (nSPS) is 16.6. The number of carbonyl (C=O) groups is 2. The maximum atomic E-state index is 10.8. The molecule has 0 atom stereocenters. The Morgan fingerprint density at radius 1 is 1.36 bits per heavy atom. The molecule has 0 spiro atoms. The second kappa shape index (κ2) is 3.30. The average molecular weight is 155 g/mol. The average Bonchev–Trinajstić information content (AvgIpc) is 2.29. The lowest BCUT2D eigenvalue weighted by molar-refractivity contribution is -0.185. The molecule has 4 nitrogen and oxygen atoms in total. The molecule has 60 valence electrons. The monoisotopic (exact) mass is 155 g/mol. The van der Waals surface area contributed by atoms with Crippen LogP contribution in [0.4, 0.5) is 0 Å². The minimum atomic E-state index is -0.400. The van der Waals surface area contributed by atoms with E-state index in [1.54, 1.807) is 0 Å². The van der Waals surface area contributed by atoms with Gasteiger partial charge in [0.15, 0.2) is 0 Å². The van der Waals surface area contributed by atoms with E-state index in [9.17, 15) is 9.59 Å². The summed E-state index contributed by atoms with van der Waals surface area (Å²) < 4.78 is 0. The molecule has 0 saturated heterocycles. The zero-order chi connectivity index (χ0) is 8.27. The van der Waals surface area contributed by atoms with Crippen LogP contribution in [-0.2, 0) is 14.4 Å². The second-order valence-electron chi connectivity index (χ2n) is 2.14. The van der Waals surface area contributed by atoms with Crippen molar-refractivity contribution in [3.8, 4) is 0 Å². The highest BCUT2D eigenvalue weighted by Gasteiger charge is 2.23. The highest BCUT2D eigenvalue weighted by atomic mass is 16.7. The van der Waals surface area contributed by atoms with E-state index >= 15 is 0 Å². The van der Waals surface area contributed by atoms with Crippen molar-refractivity contribution in [2.24, 2.45) is 0 Å². The summed E-state index contributed by atoms with van der Waals surface area (Å²) in [5, 5.41) is 0.767. The van der Waals surface area contributed by atoms with Crippen molar-refractivity contribution in [3.63, 3.8) is 0 Å². The first kappa shape index (κ1) is 7.94. The number of hydrogen-bond donors (Lipinski definition) is 0. The molecule has 0 unspecified atom stereocenters. The Labute approximate surface area is 64.4 Å². The van der Waals surface area contributed by atoms with Gasteiger partial charge in [0.2, 0.25) is 0 Å². The number of hydroxylamine groups is 2. The maximum Gasteiger partial charge on any atom is 0.277 e. The molecule has 0 aliphatic carbocycles. The van der Waals surface area contributed by atoms with Gasteiger partial charge in [0.1, 0.15) is 0 Å². The van der Waals surface area contributed by atoms with E-state index in [2.05, 4.69) is 0 Å². The molecule has 1 aliphatic heterocycles. The van der Waals surface area contributed by atoms with Crippen molar-refractivity contribution in [1.29, 1.82) is 0 Å². The van der Waals surface area contributed by atoms with Gasteiger partial charge in [-0.05, 0) is 6.42 Å². The summed E-state index contributed by atoms with van der Waals surface area (Å²) in [5.41, 5.74) is 0. The van der Waals surface area contributed by atoms with Crippen molar-refractivity contribution in [1.82, 2.24) is 5.06 Å². The van der Waals surface area contributed by atoms with E-state index in [4.69, 9.17) is 4.84 Å². The Balaban J connectivity index is 2.46. The van der Waals surface area contributed by atoms with Crippen LogP contribution in [0, 0.1) is 0 Å². The van der Waals surface area contributed by atoms with Crippen molar-refractivity contribution in [2.75, 3.05) is 6.61 Å². The SMILES string of the molecule is CCCON1C(=O)C=CC1=O. The minimum absolute atomic E-state index is 0.388. The van der Waals surface area contributed by atoms with Gasteiger partial charge < -0.3 is 0 Å². The summed E-state index contributed by atoms with van der Waals surface area (Å²) in [5.74, 6) is -0.799. The summed E-state index contributed by atoms with van der Waals surface area (Å²) in [6.45, 7) is 2.29. The Kier molecular flexibility index (Phi) is 2.38. The summed E-state index contributed by atoms with van der Waals surface area (Å²) in [7, 11) is 0. The van der Waals surface area contributed by atoms with Gasteiger partial charge in [0.05, 0.1) is 6.61 Å². The third-order valence-corrected chi connectivity index (χ3v) is 1.19. The maximum absolute atomic E-state index is 10.8. The number of amides is 2. The highest BCUT2D eigenvalue weighted by Crippen LogP contribution is 2.03. The van der Waals surface area contributed by atoms with Gasteiger partial charge in [-0.25, -0.2) is 0 Å². The molecular weight excluding hydrogens is 146 g/mol. The van der Waals surface area contributed by atoms with Crippen LogP contribution in [0.15, 0.2) is 12.2 Å². The Hall–Kier alpha value is -1.16. The number of imide groups is 1. The second-order valence-corrected chi connectivity index (χ2v) is 2.14. The van der Waals surface area contributed by atoms with Crippen LogP contribution in [0.3, 0.4) is 0 Å². The summed E-state index contributed by atoms with van der Waals surface area (Å²) in [6, 6.07) is 0. The number of carbonyl (C=O) groups excluding carboxylic acids is 2. The summed E-state index contributed by atoms with van der Waals surface area (Å²) >= 11 is 0. The van der Waals surface area contributed by atoms with Gasteiger partial charge in [-0.1, -0.05) is 6.92 Å². The van der Waals surface area contributed by atoms with Crippen LogP contribution in [0.25, 0.3) is 0 Å². The molecular formula is C7H9NO3. The molecule has 1 aliphatic rings. The lowest BCUT2D eigenvalue weighted by Gasteiger charge is -2.11. The van der Waals surface area contributed by atoms with Crippen LogP contribution in [0.5, 0.6) is 0 Å². The number of hydrogen-bond acceptors (Lipinski definition) is 3. The highest BCUT2D eigenvalue weighted by molar-refractivity contribution is 6.11. The summed E-state index contributed by atoms with van der Waals surface area (Å²) in [4.78, 5) is 26.4. The van der Waals surface area contributed by atoms with E-state index in [1.807, 2.05) is 6.92 Å². The van der Waals surface area contributed by atoms with E-state index in [1.165, 1.54) is 12.2 Å². The number of nitrogens with zero attached hydrogens (tertiary/aromatic N) is 1. The third-order valence-electron chi connectivity index (χ3n) is 1.19. The van der Waals surface area contributed by atoms with E-state index in [0.29, 0.717) is 6.61 Å². The number of rotatable bonds is 3. The van der Waals surface area contributed by atoms with Crippen molar-refractivity contribution < 1.29 is 14.4 Å². The molecule has 0 bridgehead atoms. The molecule has 0 fully saturated rings. The van der Waals surface area contributed by atoms with E-state index in [0.717, 1.165) is 11.5 Å². The molecule has 1 heterocycles. The van der Waals surface area contributed by atoms with Crippen LogP contribution in [0.2, 0.25) is 0 Å². The fourth-order valence-corrected chi connectivity index (χ4v) is 0.696. The standard InChI is InChI=1S/C7H9NO3/c1-2-5-11-8-6(9)3-4-7(8)10/h3-4H,2,5H2,1H3. The predicted octanol–water partition coefficient (Wildman–Crippen LogP) is 0.253. The zero-order valence-corrected chi connectivity index (χ0v) is 6.24. The minimum Gasteiger partial charge on any atom is -0.267 e. The Morgan fingerprint density at radius 3 is 2.36 bits per heavy atom. The van der Waals surface area contributed by atoms with Crippen molar-refractivity contribution >= 4 is 11.8 Å². The van der Waals surface area contributed by atoms with Gasteiger partial charge in [-0.15, -0.1) is 5.06 Å². The lowest BCUT2D eigenvalue weighted by Crippen LogP contribution is -2.30. The first-order chi connectivity index (χ1) is 5.25. The van der Waals surface area contributed by atoms with Crippen LogP contribution in [-0.4, -0.2) is 23.5 Å². The molecule has 0 aromatic rings. The largest absolute Gasteiger partial charge is 0.277 e. The summed E-state index contributed by atoms with van der Waals surface area (Å²) in [6.07, 6.45) is 3.16. The van der Waals surface area contributed by atoms with Crippen LogP contribution in [0.1, 0.15) is 13.3 Å². The Bertz CT molecular complexity index is 192. The first-order valence-corrected chi connectivity index (χ1v) is 3.44. The van der Waals surface area contributed by atoms with Crippen molar-refractivity contribution in [3.05, 3.63) is 12.2 Å². The fraction of sp³-hybridized carbons (Fsp3) is 0.429. The van der Waals surface area contributed by atoms with Gasteiger partial charge in [0.25, 0.3) is 11.8 Å². The molecule has 0 aromatic heterocycles. The molecule has 2 amide bonds. The van der Waals surface area contributed by atoms with Crippen molar-refractivity contribution in [2.45, 2.75) is 13.3 Å². The van der Waals surface area contributed by atoms with Gasteiger partial charge in [-0.3, -0.25) is 14.4 Å². The third kappa shape index (κ3) is 1.65. The van der Waals surface area contributed by atoms with Crippen LogP contribution >= 0.6 is 0 Å². The zero-order valence-electron chi connectivity index (χ0n) is 6.24. The van der Waals surface area contributed by atoms with Crippen LogP contribution < -0.4 is 0 Å². The molecule has 11 heavy (non-hydrogen) atoms. The quantitative estimate of drug-likeness (QED) is 0.549. The molecule has 0 aromatic carbocycles. The molecule has 4 heteroatoms. The predicted molar refractivity (Wildman–Crippen MR) is 37.2 cm³/mol.